The summed E-state index contributed by atoms with van der Waals surface area (Å²) in [6, 6.07) is 5.06. The van der Waals surface area contributed by atoms with E-state index in [1.807, 2.05) is 0 Å². The molecular formula is C11H8FN3O3S. The maximum Gasteiger partial charge on any atom is 0.318 e. The fraction of sp³-hybridized carbons (Fsp3) is 0.0909. The number of aromatic amines is 1. The lowest BCUT2D eigenvalue weighted by Crippen LogP contribution is -2.08. The number of nitro benzene ring substituents is 1. The third kappa shape index (κ3) is 2.97. The third-order valence-electron chi connectivity index (χ3n) is 2.19. The molecule has 0 fully saturated rings. The molecule has 0 atom stereocenters. The van der Waals surface area contributed by atoms with Crippen LogP contribution < -0.4 is 5.56 Å². The highest BCUT2D eigenvalue weighted by atomic mass is 32.2. The van der Waals surface area contributed by atoms with Gasteiger partial charge in [-0.25, -0.2) is 4.98 Å². The summed E-state index contributed by atoms with van der Waals surface area (Å²) in [6.45, 7) is 1.62. The van der Waals surface area contributed by atoms with Crippen molar-refractivity contribution in [1.29, 1.82) is 0 Å². The van der Waals surface area contributed by atoms with Gasteiger partial charge in [0.25, 0.3) is 5.56 Å². The molecule has 6 nitrogen and oxygen atoms in total. The zero-order chi connectivity index (χ0) is 14.0. The van der Waals surface area contributed by atoms with Crippen molar-refractivity contribution < 1.29 is 9.31 Å². The number of aromatic nitrogens is 2. The van der Waals surface area contributed by atoms with E-state index in [4.69, 9.17) is 0 Å². The van der Waals surface area contributed by atoms with Crippen molar-refractivity contribution in [3.8, 4) is 0 Å². The molecule has 0 saturated carbocycles. The van der Waals surface area contributed by atoms with Crippen molar-refractivity contribution in [3.63, 3.8) is 0 Å². The number of rotatable bonds is 3. The molecule has 1 N–H and O–H groups in total. The Labute approximate surface area is 110 Å². The van der Waals surface area contributed by atoms with Crippen LogP contribution in [0.1, 0.15) is 5.69 Å². The second-order valence-corrected chi connectivity index (χ2v) is 4.67. The standard InChI is InChI=1S/C11H8FN3O3S/c1-6-5-9(16)14-11(13-6)19-8-4-2-3-7(12)10(8)15(17)18/h2-5H,1H3,(H,13,14,16). The lowest BCUT2D eigenvalue weighted by atomic mass is 10.3. The molecule has 2 rings (SSSR count). The molecule has 1 aromatic heterocycles. The molecule has 0 bridgehead atoms. The van der Waals surface area contributed by atoms with E-state index in [0.717, 1.165) is 17.8 Å². The highest BCUT2D eigenvalue weighted by molar-refractivity contribution is 7.99. The summed E-state index contributed by atoms with van der Waals surface area (Å²) in [6.07, 6.45) is 0. The minimum atomic E-state index is -0.926. The van der Waals surface area contributed by atoms with Crippen LogP contribution in [0.15, 0.2) is 39.1 Å². The van der Waals surface area contributed by atoms with Gasteiger partial charge in [-0.1, -0.05) is 6.07 Å². The highest BCUT2D eigenvalue weighted by Gasteiger charge is 2.21. The maximum absolute atomic E-state index is 13.4. The van der Waals surface area contributed by atoms with E-state index in [1.165, 1.54) is 18.2 Å². The smallest absolute Gasteiger partial charge is 0.301 e. The molecule has 0 amide bonds. The molecule has 0 aliphatic carbocycles. The molecule has 8 heteroatoms. The zero-order valence-corrected chi connectivity index (χ0v) is 10.5. The summed E-state index contributed by atoms with van der Waals surface area (Å²) in [7, 11) is 0. The van der Waals surface area contributed by atoms with E-state index in [2.05, 4.69) is 9.97 Å². The Balaban J connectivity index is 2.46. The van der Waals surface area contributed by atoms with Crippen molar-refractivity contribution in [2.45, 2.75) is 17.0 Å². The van der Waals surface area contributed by atoms with Crippen LogP contribution in [0.3, 0.4) is 0 Å². The minimum absolute atomic E-state index is 0.0822. The van der Waals surface area contributed by atoms with Gasteiger partial charge < -0.3 is 4.98 Å². The molecule has 19 heavy (non-hydrogen) atoms. The van der Waals surface area contributed by atoms with Gasteiger partial charge in [0, 0.05) is 11.8 Å². The van der Waals surface area contributed by atoms with Crippen LogP contribution >= 0.6 is 11.8 Å². The van der Waals surface area contributed by atoms with Crippen LogP contribution in [0, 0.1) is 22.9 Å². The second-order valence-electron chi connectivity index (χ2n) is 3.64. The SMILES string of the molecule is Cc1cc(=O)[nH]c(Sc2cccc(F)c2[N+](=O)[O-])n1. The number of aryl methyl sites for hydroxylation is 1. The van der Waals surface area contributed by atoms with Gasteiger partial charge in [-0.3, -0.25) is 14.9 Å². The largest absolute Gasteiger partial charge is 0.318 e. The average molecular weight is 281 g/mol. The molecule has 98 valence electrons. The van der Waals surface area contributed by atoms with E-state index >= 15 is 0 Å². The quantitative estimate of drug-likeness (QED) is 0.529. The summed E-state index contributed by atoms with van der Waals surface area (Å²) in [4.78, 5) is 27.8. The number of halogens is 1. The molecule has 0 spiro atoms. The van der Waals surface area contributed by atoms with Crippen LogP contribution in [0.4, 0.5) is 10.1 Å². The molecule has 0 aliphatic rings. The van der Waals surface area contributed by atoms with Crippen LogP contribution in [0.5, 0.6) is 0 Å². The van der Waals surface area contributed by atoms with Gasteiger partial charge in [-0.15, -0.1) is 0 Å². The zero-order valence-electron chi connectivity index (χ0n) is 9.71. The summed E-state index contributed by atoms with van der Waals surface area (Å²) in [5.74, 6) is -0.926. The van der Waals surface area contributed by atoms with E-state index in [1.54, 1.807) is 6.92 Å². The summed E-state index contributed by atoms with van der Waals surface area (Å²) >= 11 is 0.837. The van der Waals surface area contributed by atoms with Crippen molar-refractivity contribution in [1.82, 2.24) is 9.97 Å². The van der Waals surface area contributed by atoms with Crippen molar-refractivity contribution >= 4 is 17.4 Å². The Hall–Kier alpha value is -2.22. The lowest BCUT2D eigenvalue weighted by Gasteiger charge is -2.03. The van der Waals surface area contributed by atoms with Gasteiger partial charge >= 0.3 is 5.69 Å². The van der Waals surface area contributed by atoms with Gasteiger partial charge in [0.2, 0.25) is 5.82 Å². The first-order valence-electron chi connectivity index (χ1n) is 5.16. The molecular weight excluding hydrogens is 273 g/mol. The van der Waals surface area contributed by atoms with Gasteiger partial charge in [0.1, 0.15) is 0 Å². The number of H-pyrrole nitrogens is 1. The first-order chi connectivity index (χ1) is 8.97. The summed E-state index contributed by atoms with van der Waals surface area (Å²) in [5, 5.41) is 11.0. The van der Waals surface area contributed by atoms with Gasteiger partial charge in [0.05, 0.1) is 9.82 Å². The lowest BCUT2D eigenvalue weighted by molar-refractivity contribution is -0.390. The Bertz CT molecular complexity index is 702. The van der Waals surface area contributed by atoms with Gasteiger partial charge in [0.15, 0.2) is 5.16 Å². The Kier molecular flexibility index (Phi) is 3.61. The molecule has 0 radical (unpaired) electrons. The molecule has 1 heterocycles. The predicted molar refractivity (Wildman–Crippen MR) is 66.8 cm³/mol. The summed E-state index contributed by atoms with van der Waals surface area (Å²) < 4.78 is 13.4. The molecule has 2 aromatic rings. The number of para-hydroxylation sites is 1. The van der Waals surface area contributed by atoms with Crippen LogP contribution in [-0.2, 0) is 0 Å². The topological polar surface area (TPSA) is 88.9 Å². The fourth-order valence-corrected chi connectivity index (χ4v) is 2.42. The number of nitro groups is 1. The van der Waals surface area contributed by atoms with Gasteiger partial charge in [-0.2, -0.15) is 4.39 Å². The normalized spacial score (nSPS) is 10.4. The molecule has 0 saturated heterocycles. The van der Waals surface area contributed by atoms with Crippen molar-refractivity contribution in [3.05, 3.63) is 56.2 Å². The van der Waals surface area contributed by atoms with E-state index in [-0.39, 0.29) is 15.6 Å². The van der Waals surface area contributed by atoms with Crippen molar-refractivity contribution in [2.24, 2.45) is 0 Å². The Morgan fingerprint density at radius 3 is 2.84 bits per heavy atom. The van der Waals surface area contributed by atoms with Crippen LogP contribution in [0.25, 0.3) is 0 Å². The number of nitrogens with zero attached hydrogens (tertiary/aromatic N) is 2. The van der Waals surface area contributed by atoms with E-state index in [0.29, 0.717) is 5.69 Å². The maximum atomic E-state index is 13.4. The number of nitrogens with one attached hydrogen (secondary N) is 1. The van der Waals surface area contributed by atoms with Crippen molar-refractivity contribution in [2.75, 3.05) is 0 Å². The van der Waals surface area contributed by atoms with Gasteiger partial charge in [-0.05, 0) is 30.8 Å². The number of benzene rings is 1. The first-order valence-corrected chi connectivity index (χ1v) is 5.98. The molecule has 0 unspecified atom stereocenters. The van der Waals surface area contributed by atoms with E-state index < -0.39 is 16.4 Å². The predicted octanol–water partition coefficient (Wildman–Crippen LogP) is 2.28. The monoisotopic (exact) mass is 281 g/mol. The fourth-order valence-electron chi connectivity index (χ4n) is 1.46. The minimum Gasteiger partial charge on any atom is -0.301 e. The number of hydrogen-bond donors (Lipinski definition) is 1. The third-order valence-corrected chi connectivity index (χ3v) is 3.12. The summed E-state index contributed by atoms with van der Waals surface area (Å²) in [5.41, 5.74) is -0.518. The van der Waals surface area contributed by atoms with Crippen LogP contribution in [-0.4, -0.2) is 14.9 Å². The average Bonchev–Trinajstić information content (AvgIpc) is 2.26. The Morgan fingerprint density at radius 2 is 2.21 bits per heavy atom. The van der Waals surface area contributed by atoms with E-state index in [9.17, 15) is 19.3 Å². The highest BCUT2D eigenvalue weighted by Crippen LogP contribution is 2.34. The number of hydrogen-bond acceptors (Lipinski definition) is 5. The first kappa shape index (κ1) is 13.2. The second kappa shape index (κ2) is 5.19. The Morgan fingerprint density at radius 1 is 1.47 bits per heavy atom. The van der Waals surface area contributed by atoms with Crippen LogP contribution in [0.2, 0.25) is 0 Å². The molecule has 1 aromatic carbocycles. The molecule has 0 aliphatic heterocycles.